The van der Waals surface area contributed by atoms with E-state index in [0.29, 0.717) is 15.0 Å². The maximum Gasteiger partial charge on any atom is 0.257 e. The third kappa shape index (κ3) is 4.90. The second-order valence-electron chi connectivity index (χ2n) is 5.35. The zero-order chi connectivity index (χ0) is 18.4. The minimum Gasteiger partial charge on any atom is -0.330 e. The minimum absolute atomic E-state index is 0.0948. The molecule has 0 bridgehead atoms. The highest BCUT2D eigenvalue weighted by Gasteiger charge is 2.12. The molecule has 132 valence electrons. The molecule has 0 aliphatic carbocycles. The second-order valence-corrected chi connectivity index (χ2v) is 7.55. The number of hydrogen-bond acceptors (Lipinski definition) is 7. The van der Waals surface area contributed by atoms with Gasteiger partial charge in [-0.3, -0.25) is 14.9 Å². The van der Waals surface area contributed by atoms with Crippen molar-refractivity contribution in [2.45, 2.75) is 11.3 Å². The number of rotatable bonds is 6. The van der Waals surface area contributed by atoms with Crippen molar-refractivity contribution < 1.29 is 9.59 Å². The van der Waals surface area contributed by atoms with E-state index in [1.165, 1.54) is 23.1 Å². The average molecular weight is 384 g/mol. The first kappa shape index (κ1) is 18.1. The van der Waals surface area contributed by atoms with Gasteiger partial charge in [-0.25, -0.2) is 0 Å². The smallest absolute Gasteiger partial charge is 0.257 e. The van der Waals surface area contributed by atoms with Gasteiger partial charge in [-0.2, -0.15) is 0 Å². The van der Waals surface area contributed by atoms with E-state index in [4.69, 9.17) is 0 Å². The lowest BCUT2D eigenvalue weighted by molar-refractivity contribution is -0.117. The van der Waals surface area contributed by atoms with Gasteiger partial charge in [-0.1, -0.05) is 59.5 Å². The Hall–Kier alpha value is -2.71. The van der Waals surface area contributed by atoms with E-state index in [9.17, 15) is 9.59 Å². The number of nitrogens with zero attached hydrogens (tertiary/aromatic N) is 2. The quantitative estimate of drug-likeness (QED) is 0.631. The predicted molar refractivity (Wildman–Crippen MR) is 104 cm³/mol. The first-order valence-electron chi connectivity index (χ1n) is 7.80. The summed E-state index contributed by atoms with van der Waals surface area (Å²) < 4.78 is 0.656. The molecule has 8 heteroatoms. The van der Waals surface area contributed by atoms with Crippen LogP contribution in [0.5, 0.6) is 0 Å². The fourth-order valence-corrected chi connectivity index (χ4v) is 3.66. The topological polar surface area (TPSA) is 84.0 Å². The summed E-state index contributed by atoms with van der Waals surface area (Å²) >= 11 is 2.60. The van der Waals surface area contributed by atoms with Gasteiger partial charge in [0.05, 0.1) is 5.75 Å². The number of para-hydroxylation sites is 1. The number of benzene rings is 2. The molecule has 26 heavy (non-hydrogen) atoms. The Morgan fingerprint density at radius 1 is 1.04 bits per heavy atom. The maximum atomic E-state index is 11.9. The van der Waals surface area contributed by atoms with Crippen molar-refractivity contribution in [2.24, 2.45) is 0 Å². The van der Waals surface area contributed by atoms with Gasteiger partial charge in [0, 0.05) is 11.3 Å². The molecule has 0 aliphatic rings. The number of carbonyl (C=O) groups excluding carboxylic acids is 2. The number of amides is 2. The Balaban J connectivity index is 1.51. The summed E-state index contributed by atoms with van der Waals surface area (Å²) in [6, 6.07) is 16.5. The maximum absolute atomic E-state index is 11.9. The van der Waals surface area contributed by atoms with Gasteiger partial charge in [0.1, 0.15) is 0 Å². The number of aryl methyl sites for hydroxylation is 1. The van der Waals surface area contributed by atoms with E-state index >= 15 is 0 Å². The molecule has 3 aromatic rings. The number of carbonyl (C=O) groups is 2. The number of anilines is 2. The fourth-order valence-electron chi connectivity index (χ4n) is 2.10. The van der Waals surface area contributed by atoms with Crippen LogP contribution in [0.2, 0.25) is 0 Å². The Morgan fingerprint density at radius 2 is 1.77 bits per heavy atom. The Bertz CT molecular complexity index is 912. The first-order chi connectivity index (χ1) is 12.6. The van der Waals surface area contributed by atoms with Gasteiger partial charge >= 0.3 is 0 Å². The molecule has 0 saturated heterocycles. The molecule has 2 amide bonds. The molecule has 0 spiro atoms. The summed E-state index contributed by atoms with van der Waals surface area (Å²) in [5.74, 6) is -0.680. The zero-order valence-electron chi connectivity index (χ0n) is 13.9. The SMILES string of the molecule is Cc1ccccc1Nc1nnc(SCC(=O)NC(=O)c2ccccc2)s1. The summed E-state index contributed by atoms with van der Waals surface area (Å²) in [5, 5.41) is 14.4. The molecular formula is C18H16N4O2S2. The molecule has 0 aliphatic heterocycles. The summed E-state index contributed by atoms with van der Waals surface area (Å²) in [4.78, 5) is 23.9. The number of nitrogens with one attached hydrogen (secondary N) is 2. The molecule has 2 N–H and O–H groups in total. The van der Waals surface area contributed by atoms with Crippen LogP contribution >= 0.6 is 23.1 Å². The second kappa shape index (κ2) is 8.59. The van der Waals surface area contributed by atoms with Gasteiger partial charge in [0.15, 0.2) is 4.34 Å². The molecule has 1 heterocycles. The van der Waals surface area contributed by atoms with Crippen LogP contribution in [-0.2, 0) is 4.79 Å². The van der Waals surface area contributed by atoms with E-state index in [0.717, 1.165) is 11.3 Å². The van der Waals surface area contributed by atoms with Crippen molar-refractivity contribution in [1.29, 1.82) is 0 Å². The molecule has 3 rings (SSSR count). The minimum atomic E-state index is -0.407. The Labute approximate surface area is 159 Å². The van der Waals surface area contributed by atoms with Gasteiger partial charge in [-0.15, -0.1) is 10.2 Å². The highest BCUT2D eigenvalue weighted by Crippen LogP contribution is 2.28. The predicted octanol–water partition coefficient (Wildman–Crippen LogP) is 3.64. The molecule has 6 nitrogen and oxygen atoms in total. The van der Waals surface area contributed by atoms with E-state index in [1.54, 1.807) is 24.3 Å². The van der Waals surface area contributed by atoms with Crippen LogP contribution in [-0.4, -0.2) is 27.8 Å². The van der Waals surface area contributed by atoms with Gasteiger partial charge in [-0.05, 0) is 30.7 Å². The van der Waals surface area contributed by atoms with Crippen LogP contribution in [0.4, 0.5) is 10.8 Å². The first-order valence-corrected chi connectivity index (χ1v) is 9.60. The molecule has 0 atom stereocenters. The van der Waals surface area contributed by atoms with Crippen LogP contribution in [0.25, 0.3) is 0 Å². The molecule has 2 aromatic carbocycles. The lowest BCUT2D eigenvalue weighted by Crippen LogP contribution is -2.31. The largest absolute Gasteiger partial charge is 0.330 e. The van der Waals surface area contributed by atoms with E-state index in [-0.39, 0.29) is 11.7 Å². The highest BCUT2D eigenvalue weighted by molar-refractivity contribution is 8.01. The molecular weight excluding hydrogens is 368 g/mol. The third-order valence-corrected chi connectivity index (χ3v) is 5.38. The third-order valence-electron chi connectivity index (χ3n) is 3.41. The fraction of sp³-hybridized carbons (Fsp3) is 0.111. The van der Waals surface area contributed by atoms with E-state index in [1.807, 2.05) is 37.3 Å². The standard InChI is InChI=1S/C18H16N4O2S2/c1-12-7-5-6-10-14(12)19-17-21-22-18(26-17)25-11-15(23)20-16(24)13-8-3-2-4-9-13/h2-10H,11H2,1H3,(H,19,21)(H,20,23,24). The monoisotopic (exact) mass is 384 g/mol. The molecule has 1 aromatic heterocycles. The lowest BCUT2D eigenvalue weighted by Gasteiger charge is -2.04. The lowest BCUT2D eigenvalue weighted by atomic mass is 10.2. The Kier molecular flexibility index (Phi) is 5.98. The van der Waals surface area contributed by atoms with Gasteiger partial charge in [0.2, 0.25) is 11.0 Å². The van der Waals surface area contributed by atoms with Gasteiger partial charge < -0.3 is 5.32 Å². The molecule has 0 unspecified atom stereocenters. The van der Waals surface area contributed by atoms with Crippen LogP contribution in [0.3, 0.4) is 0 Å². The number of aromatic nitrogens is 2. The van der Waals surface area contributed by atoms with E-state index < -0.39 is 5.91 Å². The summed E-state index contributed by atoms with van der Waals surface area (Å²) in [5.41, 5.74) is 2.52. The number of thioether (sulfide) groups is 1. The van der Waals surface area contributed by atoms with Crippen molar-refractivity contribution in [3.8, 4) is 0 Å². The van der Waals surface area contributed by atoms with Crippen molar-refractivity contribution in [3.05, 3.63) is 65.7 Å². The van der Waals surface area contributed by atoms with Crippen LogP contribution in [0, 0.1) is 6.92 Å². The highest BCUT2D eigenvalue weighted by atomic mass is 32.2. The van der Waals surface area contributed by atoms with Crippen molar-refractivity contribution in [2.75, 3.05) is 11.1 Å². The Morgan fingerprint density at radius 3 is 2.54 bits per heavy atom. The summed E-state index contributed by atoms with van der Waals surface area (Å²) in [6.07, 6.45) is 0. The summed E-state index contributed by atoms with van der Waals surface area (Å²) in [6.45, 7) is 2.01. The molecule has 0 fully saturated rings. The van der Waals surface area contributed by atoms with E-state index in [2.05, 4.69) is 20.8 Å². The van der Waals surface area contributed by atoms with Crippen LogP contribution < -0.4 is 10.6 Å². The molecule has 0 saturated carbocycles. The van der Waals surface area contributed by atoms with Gasteiger partial charge in [0.25, 0.3) is 5.91 Å². The van der Waals surface area contributed by atoms with Crippen LogP contribution in [0.1, 0.15) is 15.9 Å². The number of hydrogen-bond donors (Lipinski definition) is 2. The van der Waals surface area contributed by atoms with Crippen molar-refractivity contribution in [1.82, 2.24) is 15.5 Å². The number of imide groups is 1. The normalized spacial score (nSPS) is 10.3. The summed E-state index contributed by atoms with van der Waals surface area (Å²) in [7, 11) is 0. The molecule has 0 radical (unpaired) electrons. The van der Waals surface area contributed by atoms with Crippen LogP contribution in [0.15, 0.2) is 58.9 Å². The van der Waals surface area contributed by atoms with Crippen molar-refractivity contribution in [3.63, 3.8) is 0 Å². The zero-order valence-corrected chi connectivity index (χ0v) is 15.6. The average Bonchev–Trinajstić information content (AvgIpc) is 3.10. The van der Waals surface area contributed by atoms with Crippen molar-refractivity contribution >= 4 is 45.7 Å².